The van der Waals surface area contributed by atoms with Gasteiger partial charge in [0.2, 0.25) is 5.91 Å². The molecule has 6 heteroatoms. The van der Waals surface area contributed by atoms with Crippen molar-refractivity contribution in [3.05, 3.63) is 95.6 Å². The number of halogens is 1. The summed E-state index contributed by atoms with van der Waals surface area (Å²) in [7, 11) is 1.63. The highest BCUT2D eigenvalue weighted by Gasteiger charge is 2.22. The van der Waals surface area contributed by atoms with Gasteiger partial charge in [-0.25, -0.2) is 9.37 Å². The number of carbonyl (C=O) groups is 1. The third kappa shape index (κ3) is 4.81. The lowest BCUT2D eigenvalue weighted by molar-refractivity contribution is -0.117. The van der Waals surface area contributed by atoms with Crippen molar-refractivity contribution >= 4 is 28.1 Å². The molecule has 0 saturated carbocycles. The first-order valence-corrected chi connectivity index (χ1v) is 10.7. The molecule has 0 unspecified atom stereocenters. The number of nitrogens with zero attached hydrogens (tertiary/aromatic N) is 2. The number of amides is 1. The molecule has 0 bridgehead atoms. The van der Waals surface area contributed by atoms with Gasteiger partial charge in [-0.1, -0.05) is 36.4 Å². The Morgan fingerprint density at radius 3 is 2.45 bits per heavy atom. The number of anilines is 2. The van der Waals surface area contributed by atoms with Crippen LogP contribution in [0.3, 0.4) is 0 Å². The third-order valence-corrected chi connectivity index (χ3v) is 5.71. The van der Waals surface area contributed by atoms with Crippen molar-refractivity contribution in [1.29, 1.82) is 0 Å². The first-order valence-electron chi connectivity index (χ1n) is 9.87. The number of para-hydroxylation sites is 2. The van der Waals surface area contributed by atoms with Gasteiger partial charge in [-0.05, 0) is 54.4 Å². The van der Waals surface area contributed by atoms with Crippen LogP contribution >= 0.6 is 11.3 Å². The summed E-state index contributed by atoms with van der Waals surface area (Å²) in [5, 5.41) is 2.46. The predicted molar refractivity (Wildman–Crippen MR) is 122 cm³/mol. The molecule has 0 saturated heterocycles. The van der Waals surface area contributed by atoms with Crippen LogP contribution in [0.1, 0.15) is 12.0 Å². The van der Waals surface area contributed by atoms with Crippen molar-refractivity contribution in [2.45, 2.75) is 12.8 Å². The number of aryl methyl sites for hydroxylation is 1. The van der Waals surface area contributed by atoms with Gasteiger partial charge in [-0.15, -0.1) is 11.3 Å². The normalized spacial score (nSPS) is 10.6. The van der Waals surface area contributed by atoms with E-state index >= 15 is 0 Å². The summed E-state index contributed by atoms with van der Waals surface area (Å²) >= 11 is 1.38. The second kappa shape index (κ2) is 9.53. The van der Waals surface area contributed by atoms with Crippen LogP contribution in [0.25, 0.3) is 11.3 Å². The number of ether oxygens (including phenoxy) is 1. The maximum atomic E-state index is 13.3. The maximum Gasteiger partial charge on any atom is 0.233 e. The number of hydrogen-bond acceptors (Lipinski definition) is 4. The number of thiazole rings is 1. The third-order valence-electron chi connectivity index (χ3n) is 4.89. The van der Waals surface area contributed by atoms with E-state index in [9.17, 15) is 9.18 Å². The standard InChI is InChI=1S/C25H21FN2O2S/c1-30-23-10-6-5-7-19(23)13-16-24(29)28(21-8-3-2-4-9-21)25-27-22(17-31-25)18-11-14-20(26)15-12-18/h2-12,14-15,17H,13,16H2,1H3. The molecular formula is C25H21FN2O2S. The van der Waals surface area contributed by atoms with Gasteiger partial charge < -0.3 is 4.74 Å². The molecule has 4 aromatic rings. The smallest absolute Gasteiger partial charge is 0.233 e. The Kier molecular flexibility index (Phi) is 6.38. The van der Waals surface area contributed by atoms with Gasteiger partial charge in [0.1, 0.15) is 11.6 Å². The van der Waals surface area contributed by atoms with E-state index in [1.165, 1.54) is 23.5 Å². The Hall–Kier alpha value is -3.51. The zero-order chi connectivity index (χ0) is 21.6. The lowest BCUT2D eigenvalue weighted by atomic mass is 10.1. The van der Waals surface area contributed by atoms with Crippen molar-refractivity contribution in [1.82, 2.24) is 4.98 Å². The summed E-state index contributed by atoms with van der Waals surface area (Å²) in [4.78, 5) is 19.6. The molecule has 0 fully saturated rings. The Morgan fingerprint density at radius 1 is 1.00 bits per heavy atom. The predicted octanol–water partition coefficient (Wildman–Crippen LogP) is 6.26. The fraction of sp³-hybridized carbons (Fsp3) is 0.120. The minimum atomic E-state index is -0.295. The second-order valence-electron chi connectivity index (χ2n) is 6.90. The van der Waals surface area contributed by atoms with E-state index in [2.05, 4.69) is 4.98 Å². The number of aromatic nitrogens is 1. The molecule has 1 aromatic heterocycles. The Morgan fingerprint density at radius 2 is 1.71 bits per heavy atom. The number of methoxy groups -OCH3 is 1. The summed E-state index contributed by atoms with van der Waals surface area (Å²) in [5.41, 5.74) is 3.25. The second-order valence-corrected chi connectivity index (χ2v) is 7.74. The molecule has 0 atom stereocenters. The van der Waals surface area contributed by atoms with Gasteiger partial charge in [-0.3, -0.25) is 9.69 Å². The summed E-state index contributed by atoms with van der Waals surface area (Å²) in [6.45, 7) is 0. The van der Waals surface area contributed by atoms with E-state index in [0.717, 1.165) is 22.6 Å². The van der Waals surface area contributed by atoms with Crippen LogP contribution in [0.2, 0.25) is 0 Å². The minimum absolute atomic E-state index is 0.0582. The number of hydrogen-bond donors (Lipinski definition) is 0. The van der Waals surface area contributed by atoms with Gasteiger partial charge in [0.25, 0.3) is 0 Å². The van der Waals surface area contributed by atoms with E-state index in [0.29, 0.717) is 23.7 Å². The molecular weight excluding hydrogens is 411 g/mol. The summed E-state index contributed by atoms with van der Waals surface area (Å²) in [6.07, 6.45) is 0.864. The topological polar surface area (TPSA) is 42.4 Å². The van der Waals surface area contributed by atoms with Crippen LogP contribution in [0.15, 0.2) is 84.2 Å². The lowest BCUT2D eigenvalue weighted by Gasteiger charge is -2.20. The highest BCUT2D eigenvalue weighted by Crippen LogP contribution is 2.33. The van der Waals surface area contributed by atoms with Crippen LogP contribution in [0.4, 0.5) is 15.2 Å². The van der Waals surface area contributed by atoms with E-state index < -0.39 is 0 Å². The van der Waals surface area contributed by atoms with Crippen molar-refractivity contribution < 1.29 is 13.9 Å². The van der Waals surface area contributed by atoms with Crippen LogP contribution in [-0.2, 0) is 11.2 Å². The molecule has 31 heavy (non-hydrogen) atoms. The first kappa shape index (κ1) is 20.8. The van der Waals surface area contributed by atoms with Crippen LogP contribution in [-0.4, -0.2) is 18.0 Å². The summed E-state index contributed by atoms with van der Waals surface area (Å²) < 4.78 is 18.7. The molecule has 1 heterocycles. The molecule has 0 aliphatic heterocycles. The Bertz CT molecular complexity index is 1160. The molecule has 0 aliphatic rings. The van der Waals surface area contributed by atoms with Gasteiger partial charge in [0, 0.05) is 17.4 Å². The SMILES string of the molecule is COc1ccccc1CCC(=O)N(c1ccccc1)c1nc(-c2ccc(F)cc2)cs1. The minimum Gasteiger partial charge on any atom is -0.496 e. The fourth-order valence-corrected chi connectivity index (χ4v) is 4.19. The number of rotatable bonds is 7. The van der Waals surface area contributed by atoms with Crippen molar-refractivity contribution in [3.8, 4) is 17.0 Å². The quantitative estimate of drug-likeness (QED) is 0.346. The van der Waals surface area contributed by atoms with Gasteiger partial charge in [0.05, 0.1) is 18.5 Å². The maximum absolute atomic E-state index is 13.3. The van der Waals surface area contributed by atoms with Gasteiger partial charge >= 0.3 is 0 Å². The number of carbonyl (C=O) groups excluding carboxylic acids is 1. The molecule has 4 nitrogen and oxygen atoms in total. The van der Waals surface area contributed by atoms with E-state index in [1.807, 2.05) is 60.0 Å². The van der Waals surface area contributed by atoms with Crippen molar-refractivity contribution in [2.24, 2.45) is 0 Å². The van der Waals surface area contributed by atoms with Crippen molar-refractivity contribution in [2.75, 3.05) is 12.0 Å². The molecule has 0 radical (unpaired) electrons. The fourth-order valence-electron chi connectivity index (χ4n) is 3.32. The molecule has 0 spiro atoms. The zero-order valence-electron chi connectivity index (χ0n) is 17.0. The van der Waals surface area contributed by atoms with E-state index in [1.54, 1.807) is 24.1 Å². The molecule has 1 amide bonds. The summed E-state index contributed by atoms with van der Waals surface area (Å²) in [5.74, 6) is 0.420. The first-order chi connectivity index (χ1) is 15.2. The Balaban J connectivity index is 1.61. The highest BCUT2D eigenvalue weighted by atomic mass is 32.1. The number of benzene rings is 3. The van der Waals surface area contributed by atoms with Gasteiger partial charge in [-0.2, -0.15) is 0 Å². The monoisotopic (exact) mass is 432 g/mol. The van der Waals surface area contributed by atoms with E-state index in [4.69, 9.17) is 4.74 Å². The van der Waals surface area contributed by atoms with Gasteiger partial charge in [0.15, 0.2) is 5.13 Å². The molecule has 0 N–H and O–H groups in total. The van der Waals surface area contributed by atoms with Crippen LogP contribution < -0.4 is 9.64 Å². The molecule has 0 aliphatic carbocycles. The molecule has 156 valence electrons. The van der Waals surface area contributed by atoms with Crippen LogP contribution in [0, 0.1) is 5.82 Å². The average molecular weight is 433 g/mol. The Labute approximate surface area is 184 Å². The zero-order valence-corrected chi connectivity index (χ0v) is 17.8. The average Bonchev–Trinajstić information content (AvgIpc) is 3.29. The summed E-state index contributed by atoms with van der Waals surface area (Å²) in [6, 6.07) is 23.4. The van der Waals surface area contributed by atoms with Crippen molar-refractivity contribution in [3.63, 3.8) is 0 Å². The highest BCUT2D eigenvalue weighted by molar-refractivity contribution is 7.14. The largest absolute Gasteiger partial charge is 0.496 e. The van der Waals surface area contributed by atoms with Crippen LogP contribution in [0.5, 0.6) is 5.75 Å². The molecule has 3 aromatic carbocycles. The molecule has 4 rings (SSSR count). The van der Waals surface area contributed by atoms with E-state index in [-0.39, 0.29) is 11.7 Å². The lowest BCUT2D eigenvalue weighted by Crippen LogP contribution is -2.26.